The Morgan fingerprint density at radius 1 is 1.28 bits per heavy atom. The molecular weight excluding hydrogens is 452 g/mol. The van der Waals surface area contributed by atoms with Crippen LogP contribution in [-0.4, -0.2) is 37.4 Å². The van der Waals surface area contributed by atoms with Crippen molar-refractivity contribution in [2.45, 2.75) is 6.92 Å². The van der Waals surface area contributed by atoms with E-state index < -0.39 is 5.97 Å². The zero-order valence-corrected chi connectivity index (χ0v) is 18.9. The van der Waals surface area contributed by atoms with Crippen LogP contribution in [0.1, 0.15) is 22.8 Å². The molecule has 0 aliphatic carbocycles. The molecule has 0 saturated carbocycles. The highest BCUT2D eigenvalue weighted by Gasteiger charge is 2.24. The first-order valence-electron chi connectivity index (χ1n) is 9.45. The minimum absolute atomic E-state index is 0.0545. The zero-order valence-electron chi connectivity index (χ0n) is 17.3. The van der Waals surface area contributed by atoms with Crippen molar-refractivity contribution in [1.82, 2.24) is 5.32 Å². The molecule has 0 aromatic heterocycles. The second-order valence-electron chi connectivity index (χ2n) is 6.28. The molecule has 0 spiro atoms. The number of rotatable bonds is 7. The van der Waals surface area contributed by atoms with Gasteiger partial charge >= 0.3 is 5.97 Å². The first-order chi connectivity index (χ1) is 15.4. The minimum Gasteiger partial charge on any atom is -0.490 e. The number of carbonyl (C=O) groups is 2. The normalized spacial score (nSPS) is 15.4. The van der Waals surface area contributed by atoms with E-state index in [2.05, 4.69) is 21.0 Å². The van der Waals surface area contributed by atoms with Crippen molar-refractivity contribution >= 4 is 52.2 Å². The van der Waals surface area contributed by atoms with E-state index in [1.165, 1.54) is 18.9 Å². The van der Waals surface area contributed by atoms with Crippen molar-refractivity contribution in [1.29, 1.82) is 0 Å². The van der Waals surface area contributed by atoms with Gasteiger partial charge in [0.05, 0.1) is 34.9 Å². The summed E-state index contributed by atoms with van der Waals surface area (Å²) >= 11 is 7.53. The molecule has 32 heavy (non-hydrogen) atoms. The van der Waals surface area contributed by atoms with Gasteiger partial charge in [-0.25, -0.2) is 9.79 Å². The summed E-state index contributed by atoms with van der Waals surface area (Å²) in [4.78, 5) is 28.8. The number of halogens is 1. The number of amidine groups is 1. The maximum Gasteiger partial charge on any atom is 0.337 e. The molecular formula is C23H19ClN2O5S. The van der Waals surface area contributed by atoms with Crippen LogP contribution in [-0.2, 0) is 9.53 Å². The first-order valence-corrected chi connectivity index (χ1v) is 10.6. The van der Waals surface area contributed by atoms with Crippen molar-refractivity contribution < 1.29 is 23.8 Å². The molecule has 1 aliphatic rings. The van der Waals surface area contributed by atoms with Crippen LogP contribution in [0.25, 0.3) is 6.08 Å². The van der Waals surface area contributed by atoms with Crippen LogP contribution >= 0.6 is 23.4 Å². The average Bonchev–Trinajstić information content (AvgIpc) is 3.11. The Morgan fingerprint density at radius 3 is 2.69 bits per heavy atom. The van der Waals surface area contributed by atoms with Crippen molar-refractivity contribution in [2.24, 2.45) is 4.99 Å². The molecule has 3 rings (SSSR count). The SMILES string of the molecule is C#CCOc1c(Cl)cc(/C=C2\SC(=Nc3ccc(C(=O)OC)cc3)NC2=O)cc1OCC. The van der Waals surface area contributed by atoms with Crippen molar-refractivity contribution in [2.75, 3.05) is 20.3 Å². The molecule has 7 nitrogen and oxygen atoms in total. The lowest BCUT2D eigenvalue weighted by Gasteiger charge is -2.13. The van der Waals surface area contributed by atoms with Crippen molar-refractivity contribution in [3.05, 3.63) is 57.5 Å². The summed E-state index contributed by atoms with van der Waals surface area (Å²) in [6.45, 7) is 2.30. The van der Waals surface area contributed by atoms with Gasteiger partial charge in [0.1, 0.15) is 6.61 Å². The smallest absolute Gasteiger partial charge is 0.337 e. The van der Waals surface area contributed by atoms with E-state index in [0.717, 1.165) is 0 Å². The van der Waals surface area contributed by atoms with Gasteiger partial charge in [0.25, 0.3) is 5.91 Å². The topological polar surface area (TPSA) is 86.2 Å². The number of ether oxygens (including phenoxy) is 3. The number of benzene rings is 2. The molecule has 0 radical (unpaired) electrons. The Kier molecular flexibility index (Phi) is 7.82. The van der Waals surface area contributed by atoms with Crippen LogP contribution in [0.15, 0.2) is 46.3 Å². The average molecular weight is 471 g/mol. The maximum absolute atomic E-state index is 12.4. The Bertz CT molecular complexity index is 1140. The van der Waals surface area contributed by atoms with Crippen LogP contribution in [0.3, 0.4) is 0 Å². The van der Waals surface area contributed by atoms with Gasteiger partial charge in [-0.2, -0.15) is 0 Å². The Hall–Kier alpha value is -3.41. The molecule has 0 bridgehead atoms. The second kappa shape index (κ2) is 10.8. The summed E-state index contributed by atoms with van der Waals surface area (Å²) in [5.41, 5.74) is 1.66. The maximum atomic E-state index is 12.4. The van der Waals surface area contributed by atoms with E-state index >= 15 is 0 Å². The predicted octanol–water partition coefficient (Wildman–Crippen LogP) is 4.43. The number of aliphatic imine (C=N–C) groups is 1. The summed E-state index contributed by atoms with van der Waals surface area (Å²) < 4.78 is 15.8. The van der Waals surface area contributed by atoms with E-state index in [0.29, 0.717) is 50.0 Å². The molecule has 0 atom stereocenters. The molecule has 1 aliphatic heterocycles. The van der Waals surface area contributed by atoms with Crippen LogP contribution in [0.5, 0.6) is 11.5 Å². The number of methoxy groups -OCH3 is 1. The quantitative estimate of drug-likeness (QED) is 0.366. The zero-order chi connectivity index (χ0) is 23.1. The lowest BCUT2D eigenvalue weighted by atomic mass is 10.2. The van der Waals surface area contributed by atoms with Crippen molar-refractivity contribution in [3.8, 4) is 23.8 Å². The molecule has 1 fully saturated rings. The minimum atomic E-state index is -0.432. The van der Waals surface area contributed by atoms with Gasteiger partial charge in [0, 0.05) is 0 Å². The fraction of sp³-hybridized carbons (Fsp3) is 0.174. The van der Waals surface area contributed by atoms with E-state index in [-0.39, 0.29) is 12.5 Å². The standard InChI is InChI=1S/C23H19ClN2O5S/c1-4-10-31-20-17(24)11-14(12-18(20)30-5-2)13-19-21(27)26-23(32-19)25-16-8-6-15(7-9-16)22(28)29-3/h1,6-9,11-13H,5,10H2,2-3H3,(H,25,26,27)/b19-13-. The lowest BCUT2D eigenvalue weighted by molar-refractivity contribution is -0.115. The predicted molar refractivity (Wildman–Crippen MR) is 126 cm³/mol. The number of nitrogens with zero attached hydrogens (tertiary/aromatic N) is 1. The van der Waals surface area contributed by atoms with Gasteiger partial charge in [-0.15, -0.1) is 6.42 Å². The van der Waals surface area contributed by atoms with Crippen LogP contribution in [0.2, 0.25) is 5.02 Å². The number of thioether (sulfide) groups is 1. The van der Waals surface area contributed by atoms with Gasteiger partial charge in [0.15, 0.2) is 16.7 Å². The van der Waals surface area contributed by atoms with Gasteiger partial charge in [-0.1, -0.05) is 17.5 Å². The second-order valence-corrected chi connectivity index (χ2v) is 7.71. The van der Waals surface area contributed by atoms with Gasteiger partial charge < -0.3 is 19.5 Å². The highest BCUT2D eigenvalue weighted by atomic mass is 35.5. The van der Waals surface area contributed by atoms with Crippen LogP contribution in [0, 0.1) is 12.3 Å². The number of esters is 1. The number of amides is 1. The van der Waals surface area contributed by atoms with Gasteiger partial charge in [-0.3, -0.25) is 4.79 Å². The third-order valence-electron chi connectivity index (χ3n) is 4.10. The third-order valence-corrected chi connectivity index (χ3v) is 5.29. The number of hydrogen-bond donors (Lipinski definition) is 1. The summed E-state index contributed by atoms with van der Waals surface area (Å²) in [5, 5.41) is 3.45. The molecule has 1 saturated heterocycles. The lowest BCUT2D eigenvalue weighted by Crippen LogP contribution is -2.19. The van der Waals surface area contributed by atoms with Crippen molar-refractivity contribution in [3.63, 3.8) is 0 Å². The number of nitrogens with one attached hydrogen (secondary N) is 1. The number of terminal acetylenes is 1. The fourth-order valence-corrected chi connectivity index (χ4v) is 3.84. The third kappa shape index (κ3) is 5.63. The van der Waals surface area contributed by atoms with E-state index in [1.807, 2.05) is 6.92 Å². The molecule has 9 heteroatoms. The Balaban J connectivity index is 1.82. The van der Waals surface area contributed by atoms with E-state index in [1.54, 1.807) is 42.5 Å². The fourth-order valence-electron chi connectivity index (χ4n) is 2.73. The highest BCUT2D eigenvalue weighted by molar-refractivity contribution is 8.18. The highest BCUT2D eigenvalue weighted by Crippen LogP contribution is 2.38. The monoisotopic (exact) mass is 470 g/mol. The van der Waals surface area contributed by atoms with E-state index in [9.17, 15) is 9.59 Å². The molecule has 1 heterocycles. The number of hydrogen-bond acceptors (Lipinski definition) is 7. The summed E-state index contributed by atoms with van der Waals surface area (Å²) in [6, 6.07) is 9.92. The van der Waals surface area contributed by atoms with Gasteiger partial charge in [0.2, 0.25) is 0 Å². The summed E-state index contributed by atoms with van der Waals surface area (Å²) in [6.07, 6.45) is 6.94. The molecule has 0 unspecified atom stereocenters. The molecule has 164 valence electrons. The molecule has 1 N–H and O–H groups in total. The van der Waals surface area contributed by atoms with E-state index in [4.69, 9.17) is 27.5 Å². The first kappa shape index (κ1) is 23.3. The Labute approximate surface area is 194 Å². The molecule has 2 aromatic carbocycles. The summed E-state index contributed by atoms with van der Waals surface area (Å²) in [7, 11) is 1.32. The number of carbonyl (C=O) groups excluding carboxylic acids is 2. The van der Waals surface area contributed by atoms with Gasteiger partial charge in [-0.05, 0) is 66.7 Å². The Morgan fingerprint density at radius 2 is 2.03 bits per heavy atom. The summed E-state index contributed by atoms with van der Waals surface area (Å²) in [5.74, 6) is 2.46. The molecule has 1 amide bonds. The van der Waals surface area contributed by atoms with Crippen LogP contribution < -0.4 is 14.8 Å². The molecule has 2 aromatic rings. The largest absolute Gasteiger partial charge is 0.490 e. The van der Waals surface area contributed by atoms with Crippen LogP contribution in [0.4, 0.5) is 5.69 Å².